The molecule has 0 aromatic rings. The van der Waals surface area contributed by atoms with Crippen LogP contribution in [0, 0.1) is 10.8 Å². The van der Waals surface area contributed by atoms with Gasteiger partial charge in [-0.15, -0.1) is 6.58 Å². The maximum absolute atomic E-state index is 9.10. The van der Waals surface area contributed by atoms with Crippen molar-refractivity contribution in [3.63, 3.8) is 0 Å². The Morgan fingerprint density at radius 2 is 1.67 bits per heavy atom. The van der Waals surface area contributed by atoms with Crippen molar-refractivity contribution in [2.75, 3.05) is 6.61 Å². The van der Waals surface area contributed by atoms with Gasteiger partial charge in [-0.2, -0.15) is 0 Å². The second-order valence-corrected chi connectivity index (χ2v) is 5.16. The predicted octanol–water partition coefficient (Wildman–Crippen LogP) is 3.00. The molecule has 0 heterocycles. The summed E-state index contributed by atoms with van der Waals surface area (Å²) in [6, 6.07) is 0. The van der Waals surface area contributed by atoms with E-state index in [1.54, 1.807) is 0 Å². The van der Waals surface area contributed by atoms with E-state index in [4.69, 9.17) is 5.11 Å². The van der Waals surface area contributed by atoms with E-state index in [0.717, 1.165) is 12.8 Å². The molecule has 72 valence electrons. The van der Waals surface area contributed by atoms with Crippen molar-refractivity contribution in [3.05, 3.63) is 12.7 Å². The van der Waals surface area contributed by atoms with E-state index in [-0.39, 0.29) is 17.4 Å². The number of allylic oxidation sites excluding steroid dienone is 1. The SMILES string of the molecule is C=CCC(C)(C)CC(C)(C)CO. The van der Waals surface area contributed by atoms with Gasteiger partial charge < -0.3 is 5.11 Å². The number of aliphatic hydroxyl groups excluding tert-OH is 1. The first-order chi connectivity index (χ1) is 5.33. The van der Waals surface area contributed by atoms with E-state index >= 15 is 0 Å². The Bertz CT molecular complexity index is 145. The Labute approximate surface area is 76.5 Å². The van der Waals surface area contributed by atoms with E-state index in [9.17, 15) is 0 Å². The second-order valence-electron chi connectivity index (χ2n) is 5.16. The highest BCUT2D eigenvalue weighted by Crippen LogP contribution is 2.35. The molecule has 0 aromatic heterocycles. The molecule has 0 unspecified atom stereocenters. The molecule has 0 rings (SSSR count). The smallest absolute Gasteiger partial charge is 0.0482 e. The van der Waals surface area contributed by atoms with E-state index in [1.165, 1.54) is 0 Å². The summed E-state index contributed by atoms with van der Waals surface area (Å²) in [5, 5.41) is 9.10. The molecule has 0 fully saturated rings. The van der Waals surface area contributed by atoms with Crippen LogP contribution in [0.15, 0.2) is 12.7 Å². The van der Waals surface area contributed by atoms with Crippen LogP contribution in [0.3, 0.4) is 0 Å². The van der Waals surface area contributed by atoms with Gasteiger partial charge in [-0.3, -0.25) is 0 Å². The minimum absolute atomic E-state index is 0.0342. The summed E-state index contributed by atoms with van der Waals surface area (Å²) in [7, 11) is 0. The van der Waals surface area contributed by atoms with Gasteiger partial charge in [0, 0.05) is 6.61 Å². The fourth-order valence-corrected chi connectivity index (χ4v) is 1.81. The summed E-state index contributed by atoms with van der Waals surface area (Å²) in [5.74, 6) is 0. The Kier molecular flexibility index (Phi) is 3.98. The Morgan fingerprint density at radius 1 is 1.17 bits per heavy atom. The molecular weight excluding hydrogens is 148 g/mol. The van der Waals surface area contributed by atoms with E-state index in [0.29, 0.717) is 0 Å². The lowest BCUT2D eigenvalue weighted by Crippen LogP contribution is -2.25. The summed E-state index contributed by atoms with van der Waals surface area (Å²) < 4.78 is 0. The first-order valence-corrected chi connectivity index (χ1v) is 4.55. The van der Waals surface area contributed by atoms with Crippen LogP contribution in [-0.4, -0.2) is 11.7 Å². The lowest BCUT2D eigenvalue weighted by Gasteiger charge is -2.32. The maximum Gasteiger partial charge on any atom is 0.0482 e. The zero-order valence-electron chi connectivity index (χ0n) is 8.85. The molecule has 0 bridgehead atoms. The van der Waals surface area contributed by atoms with Gasteiger partial charge in [-0.25, -0.2) is 0 Å². The summed E-state index contributed by atoms with van der Waals surface area (Å²) >= 11 is 0. The van der Waals surface area contributed by atoms with Crippen LogP contribution >= 0.6 is 0 Å². The van der Waals surface area contributed by atoms with Crippen molar-refractivity contribution < 1.29 is 5.11 Å². The Hall–Kier alpha value is -0.300. The van der Waals surface area contributed by atoms with Crippen LogP contribution in [0.2, 0.25) is 0 Å². The van der Waals surface area contributed by atoms with Crippen molar-refractivity contribution in [1.29, 1.82) is 0 Å². The highest BCUT2D eigenvalue weighted by atomic mass is 16.3. The summed E-state index contributed by atoms with van der Waals surface area (Å²) in [6.45, 7) is 12.6. The van der Waals surface area contributed by atoms with Crippen molar-refractivity contribution in [2.24, 2.45) is 10.8 Å². The van der Waals surface area contributed by atoms with E-state index in [1.807, 2.05) is 6.08 Å². The molecule has 0 amide bonds. The van der Waals surface area contributed by atoms with Gasteiger partial charge in [-0.05, 0) is 23.7 Å². The third-order valence-electron chi connectivity index (χ3n) is 2.08. The van der Waals surface area contributed by atoms with Crippen LogP contribution < -0.4 is 0 Å². The second kappa shape index (κ2) is 4.08. The van der Waals surface area contributed by atoms with Crippen molar-refractivity contribution in [3.8, 4) is 0 Å². The molecule has 0 aliphatic carbocycles. The van der Waals surface area contributed by atoms with Crippen molar-refractivity contribution >= 4 is 0 Å². The molecule has 0 spiro atoms. The van der Waals surface area contributed by atoms with Crippen molar-refractivity contribution in [1.82, 2.24) is 0 Å². The summed E-state index contributed by atoms with van der Waals surface area (Å²) in [4.78, 5) is 0. The zero-order valence-corrected chi connectivity index (χ0v) is 8.85. The quantitative estimate of drug-likeness (QED) is 0.629. The fraction of sp³-hybridized carbons (Fsp3) is 0.818. The maximum atomic E-state index is 9.10. The van der Waals surface area contributed by atoms with Gasteiger partial charge in [-0.1, -0.05) is 33.8 Å². The number of hydrogen-bond donors (Lipinski definition) is 1. The van der Waals surface area contributed by atoms with Gasteiger partial charge in [0.05, 0.1) is 0 Å². The van der Waals surface area contributed by atoms with Gasteiger partial charge >= 0.3 is 0 Å². The van der Waals surface area contributed by atoms with Gasteiger partial charge in [0.15, 0.2) is 0 Å². The molecule has 1 nitrogen and oxygen atoms in total. The average molecular weight is 170 g/mol. The lowest BCUT2D eigenvalue weighted by molar-refractivity contribution is 0.104. The zero-order chi connectivity index (χ0) is 9.83. The summed E-state index contributed by atoms with van der Waals surface area (Å²) in [6.07, 6.45) is 3.99. The lowest BCUT2D eigenvalue weighted by atomic mass is 9.74. The van der Waals surface area contributed by atoms with Crippen LogP contribution in [0.1, 0.15) is 40.5 Å². The molecule has 0 aliphatic rings. The predicted molar refractivity (Wildman–Crippen MR) is 54.1 cm³/mol. The molecule has 1 heteroatoms. The molecule has 12 heavy (non-hydrogen) atoms. The van der Waals surface area contributed by atoms with Crippen molar-refractivity contribution in [2.45, 2.75) is 40.5 Å². The molecule has 0 saturated heterocycles. The molecule has 0 aliphatic heterocycles. The van der Waals surface area contributed by atoms with Gasteiger partial charge in [0.2, 0.25) is 0 Å². The first-order valence-electron chi connectivity index (χ1n) is 4.55. The molecule has 0 radical (unpaired) electrons. The van der Waals surface area contributed by atoms with Crippen LogP contribution in [0.25, 0.3) is 0 Å². The monoisotopic (exact) mass is 170 g/mol. The average Bonchev–Trinajstić information content (AvgIpc) is 1.85. The molecule has 1 N–H and O–H groups in total. The van der Waals surface area contributed by atoms with Gasteiger partial charge in [0.25, 0.3) is 0 Å². The molecule has 0 atom stereocenters. The van der Waals surface area contributed by atoms with Crippen LogP contribution in [0.4, 0.5) is 0 Å². The highest BCUT2D eigenvalue weighted by molar-refractivity contribution is 4.84. The minimum Gasteiger partial charge on any atom is -0.396 e. The van der Waals surface area contributed by atoms with E-state index < -0.39 is 0 Å². The standard InChI is InChI=1S/C11H22O/c1-6-7-10(2,3)8-11(4,5)9-12/h6,12H,1,7-9H2,2-5H3. The topological polar surface area (TPSA) is 20.2 Å². The third-order valence-corrected chi connectivity index (χ3v) is 2.08. The van der Waals surface area contributed by atoms with Crippen LogP contribution in [-0.2, 0) is 0 Å². The first kappa shape index (κ1) is 11.7. The fourth-order valence-electron chi connectivity index (χ4n) is 1.81. The third kappa shape index (κ3) is 4.55. The number of aliphatic hydroxyl groups is 1. The number of hydrogen-bond acceptors (Lipinski definition) is 1. The Balaban J connectivity index is 4.12. The molecular formula is C11H22O. The Morgan fingerprint density at radius 3 is 2.00 bits per heavy atom. The normalized spacial score (nSPS) is 13.1. The van der Waals surface area contributed by atoms with E-state index in [2.05, 4.69) is 34.3 Å². The molecule has 0 aromatic carbocycles. The molecule has 0 saturated carbocycles. The van der Waals surface area contributed by atoms with Crippen LogP contribution in [0.5, 0.6) is 0 Å². The highest BCUT2D eigenvalue weighted by Gasteiger charge is 2.26. The van der Waals surface area contributed by atoms with Gasteiger partial charge in [0.1, 0.15) is 0 Å². The number of rotatable bonds is 5. The summed E-state index contributed by atoms with van der Waals surface area (Å²) in [5.41, 5.74) is 0.292. The minimum atomic E-state index is 0.0342. The largest absolute Gasteiger partial charge is 0.396 e.